The van der Waals surface area contributed by atoms with Gasteiger partial charge in [-0.3, -0.25) is 9.48 Å². The fourth-order valence-corrected chi connectivity index (χ4v) is 1.88. The Kier molecular flexibility index (Phi) is 3.56. The van der Waals surface area contributed by atoms with Crippen LogP contribution in [0.3, 0.4) is 0 Å². The molecule has 1 aliphatic rings. The Morgan fingerprint density at radius 2 is 2.25 bits per heavy atom. The van der Waals surface area contributed by atoms with Crippen molar-refractivity contribution in [3.63, 3.8) is 0 Å². The van der Waals surface area contributed by atoms with Gasteiger partial charge in [-0.2, -0.15) is 5.10 Å². The van der Waals surface area contributed by atoms with E-state index in [0.717, 1.165) is 39.1 Å². The molecule has 0 aliphatic carbocycles. The molecular formula is C11H18N4O. The van der Waals surface area contributed by atoms with Crippen LogP contribution < -0.4 is 5.32 Å². The number of nitrogens with zero attached hydrogens (tertiary/aromatic N) is 3. The van der Waals surface area contributed by atoms with E-state index in [1.54, 1.807) is 6.20 Å². The van der Waals surface area contributed by atoms with Crippen LogP contribution >= 0.6 is 0 Å². The molecule has 1 aliphatic heterocycles. The Morgan fingerprint density at radius 1 is 1.50 bits per heavy atom. The molecule has 0 unspecified atom stereocenters. The number of carbonyl (C=O) groups is 1. The van der Waals surface area contributed by atoms with E-state index in [-0.39, 0.29) is 5.91 Å². The van der Waals surface area contributed by atoms with E-state index in [4.69, 9.17) is 0 Å². The fourth-order valence-electron chi connectivity index (χ4n) is 1.88. The molecule has 88 valence electrons. The van der Waals surface area contributed by atoms with E-state index < -0.39 is 0 Å². The molecule has 1 fully saturated rings. The molecule has 1 aromatic heterocycles. The van der Waals surface area contributed by atoms with Gasteiger partial charge < -0.3 is 10.2 Å². The van der Waals surface area contributed by atoms with Gasteiger partial charge in [-0.15, -0.1) is 0 Å². The van der Waals surface area contributed by atoms with Crippen molar-refractivity contribution in [2.45, 2.75) is 19.9 Å². The Balaban J connectivity index is 2.01. The SMILES string of the molecule is CCCn1cc(C(=O)N2CCNCC2)cn1. The van der Waals surface area contributed by atoms with Crippen LogP contribution in [0.15, 0.2) is 12.4 Å². The van der Waals surface area contributed by atoms with Crippen LogP contribution in [-0.2, 0) is 6.54 Å². The highest BCUT2D eigenvalue weighted by molar-refractivity contribution is 5.93. The van der Waals surface area contributed by atoms with Crippen LogP contribution in [0, 0.1) is 0 Å². The first kappa shape index (κ1) is 11.1. The molecule has 1 aromatic rings. The highest BCUT2D eigenvalue weighted by Gasteiger charge is 2.18. The normalized spacial score (nSPS) is 16.4. The zero-order chi connectivity index (χ0) is 11.4. The van der Waals surface area contributed by atoms with E-state index in [1.165, 1.54) is 0 Å². The number of nitrogens with one attached hydrogen (secondary N) is 1. The number of aryl methyl sites for hydroxylation is 1. The average Bonchev–Trinajstić information content (AvgIpc) is 2.78. The lowest BCUT2D eigenvalue weighted by Crippen LogP contribution is -2.46. The van der Waals surface area contributed by atoms with E-state index in [1.807, 2.05) is 15.8 Å². The van der Waals surface area contributed by atoms with Crippen molar-refractivity contribution in [3.05, 3.63) is 18.0 Å². The highest BCUT2D eigenvalue weighted by atomic mass is 16.2. The molecule has 5 heteroatoms. The summed E-state index contributed by atoms with van der Waals surface area (Å²) >= 11 is 0. The predicted molar refractivity (Wildman–Crippen MR) is 61.3 cm³/mol. The van der Waals surface area contributed by atoms with Gasteiger partial charge in [0.05, 0.1) is 11.8 Å². The molecule has 0 bridgehead atoms. The fraction of sp³-hybridized carbons (Fsp3) is 0.636. The lowest BCUT2D eigenvalue weighted by Gasteiger charge is -2.26. The van der Waals surface area contributed by atoms with Gasteiger partial charge >= 0.3 is 0 Å². The minimum absolute atomic E-state index is 0.101. The van der Waals surface area contributed by atoms with Crippen molar-refractivity contribution >= 4 is 5.91 Å². The molecule has 16 heavy (non-hydrogen) atoms. The minimum atomic E-state index is 0.101. The lowest BCUT2D eigenvalue weighted by molar-refractivity contribution is 0.0735. The Bertz CT molecular complexity index is 355. The number of carbonyl (C=O) groups excluding carboxylic acids is 1. The molecule has 0 radical (unpaired) electrons. The Morgan fingerprint density at radius 3 is 2.94 bits per heavy atom. The predicted octanol–water partition coefficient (Wildman–Crippen LogP) is 0.338. The highest BCUT2D eigenvalue weighted by Crippen LogP contribution is 2.05. The van der Waals surface area contributed by atoms with Gasteiger partial charge in [0.25, 0.3) is 5.91 Å². The number of aromatic nitrogens is 2. The van der Waals surface area contributed by atoms with Gasteiger partial charge in [0.15, 0.2) is 0 Å². The molecule has 1 saturated heterocycles. The lowest BCUT2D eigenvalue weighted by atomic mass is 10.2. The topological polar surface area (TPSA) is 50.2 Å². The monoisotopic (exact) mass is 222 g/mol. The van der Waals surface area contributed by atoms with E-state index in [0.29, 0.717) is 5.56 Å². The van der Waals surface area contributed by atoms with Crippen molar-refractivity contribution in [2.24, 2.45) is 0 Å². The molecule has 0 aromatic carbocycles. The number of rotatable bonds is 3. The number of hydrogen-bond acceptors (Lipinski definition) is 3. The number of hydrogen-bond donors (Lipinski definition) is 1. The maximum absolute atomic E-state index is 12.1. The summed E-state index contributed by atoms with van der Waals surface area (Å²) < 4.78 is 1.83. The quantitative estimate of drug-likeness (QED) is 0.802. The zero-order valence-electron chi connectivity index (χ0n) is 9.65. The number of amides is 1. The van der Waals surface area contributed by atoms with Gasteiger partial charge in [-0.1, -0.05) is 6.92 Å². The van der Waals surface area contributed by atoms with Crippen LogP contribution in [0.1, 0.15) is 23.7 Å². The summed E-state index contributed by atoms with van der Waals surface area (Å²) in [7, 11) is 0. The second kappa shape index (κ2) is 5.12. The molecular weight excluding hydrogens is 204 g/mol. The van der Waals surface area contributed by atoms with Crippen molar-refractivity contribution in [2.75, 3.05) is 26.2 Å². The smallest absolute Gasteiger partial charge is 0.257 e. The molecule has 2 rings (SSSR count). The van der Waals surface area contributed by atoms with Crippen LogP contribution in [0.4, 0.5) is 0 Å². The van der Waals surface area contributed by atoms with E-state index in [9.17, 15) is 4.79 Å². The zero-order valence-corrected chi connectivity index (χ0v) is 9.65. The summed E-state index contributed by atoms with van der Waals surface area (Å²) in [5.41, 5.74) is 0.704. The van der Waals surface area contributed by atoms with E-state index >= 15 is 0 Å². The summed E-state index contributed by atoms with van der Waals surface area (Å²) in [6.07, 6.45) is 4.54. The second-order valence-corrected chi connectivity index (χ2v) is 4.03. The summed E-state index contributed by atoms with van der Waals surface area (Å²) in [4.78, 5) is 13.9. The van der Waals surface area contributed by atoms with Gasteiger partial charge in [0, 0.05) is 38.9 Å². The molecule has 1 amide bonds. The first-order valence-corrected chi connectivity index (χ1v) is 5.83. The van der Waals surface area contributed by atoms with Crippen LogP contribution in [0.25, 0.3) is 0 Å². The van der Waals surface area contributed by atoms with Crippen molar-refractivity contribution in [1.29, 1.82) is 0 Å². The molecule has 0 spiro atoms. The first-order chi connectivity index (χ1) is 7.81. The number of piperazine rings is 1. The maximum atomic E-state index is 12.1. The standard InChI is InChI=1S/C11H18N4O/c1-2-5-15-9-10(8-13-15)11(16)14-6-3-12-4-7-14/h8-9,12H,2-7H2,1H3. The third-order valence-electron chi connectivity index (χ3n) is 2.74. The molecule has 2 heterocycles. The van der Waals surface area contributed by atoms with Crippen molar-refractivity contribution < 1.29 is 4.79 Å². The molecule has 5 nitrogen and oxygen atoms in total. The first-order valence-electron chi connectivity index (χ1n) is 5.83. The van der Waals surface area contributed by atoms with Crippen molar-refractivity contribution in [3.8, 4) is 0 Å². The van der Waals surface area contributed by atoms with Crippen LogP contribution in [0.5, 0.6) is 0 Å². The summed E-state index contributed by atoms with van der Waals surface area (Å²) in [5.74, 6) is 0.101. The Hall–Kier alpha value is -1.36. The largest absolute Gasteiger partial charge is 0.336 e. The molecule has 0 atom stereocenters. The van der Waals surface area contributed by atoms with Gasteiger partial charge in [0.1, 0.15) is 0 Å². The average molecular weight is 222 g/mol. The molecule has 1 N–H and O–H groups in total. The maximum Gasteiger partial charge on any atom is 0.257 e. The third kappa shape index (κ3) is 2.41. The summed E-state index contributed by atoms with van der Waals surface area (Å²) in [6, 6.07) is 0. The van der Waals surface area contributed by atoms with Crippen molar-refractivity contribution in [1.82, 2.24) is 20.0 Å². The van der Waals surface area contributed by atoms with E-state index in [2.05, 4.69) is 17.3 Å². The summed E-state index contributed by atoms with van der Waals surface area (Å²) in [5, 5.41) is 7.41. The summed E-state index contributed by atoms with van der Waals surface area (Å²) in [6.45, 7) is 6.31. The van der Waals surface area contributed by atoms with Crippen LogP contribution in [-0.4, -0.2) is 46.8 Å². The van der Waals surface area contributed by atoms with Gasteiger partial charge in [-0.25, -0.2) is 0 Å². The second-order valence-electron chi connectivity index (χ2n) is 4.03. The Labute approximate surface area is 95.4 Å². The molecule has 0 saturated carbocycles. The third-order valence-corrected chi connectivity index (χ3v) is 2.74. The van der Waals surface area contributed by atoms with Gasteiger partial charge in [-0.05, 0) is 6.42 Å². The van der Waals surface area contributed by atoms with Gasteiger partial charge in [0.2, 0.25) is 0 Å². The van der Waals surface area contributed by atoms with Crippen LogP contribution in [0.2, 0.25) is 0 Å². The minimum Gasteiger partial charge on any atom is -0.336 e.